The molecule has 0 amide bonds. The highest BCUT2D eigenvalue weighted by Gasteiger charge is 2.40. The fraction of sp³-hybridized carbons (Fsp3) is 0.657. The van der Waals surface area contributed by atoms with Crippen molar-refractivity contribution in [2.45, 2.75) is 109 Å². The van der Waals surface area contributed by atoms with E-state index in [-0.39, 0.29) is 24.7 Å². The highest BCUT2D eigenvalue weighted by atomic mass is 32.2. The minimum Gasteiger partial charge on any atom is -0.357 e. The molecule has 6 rings (SSSR count). The average molecular weight is 592 g/mol. The first-order valence-electron chi connectivity index (χ1n) is 16.6. The Morgan fingerprint density at radius 2 is 1.74 bits per heavy atom. The van der Waals surface area contributed by atoms with Crippen molar-refractivity contribution in [3.05, 3.63) is 70.8 Å². The average Bonchev–Trinajstić information content (AvgIpc) is 3.10. The van der Waals surface area contributed by atoms with E-state index in [1.54, 1.807) is 0 Å². The smallest absolute Gasteiger partial charge is 0.123 e. The van der Waals surface area contributed by atoms with Gasteiger partial charge >= 0.3 is 0 Å². The van der Waals surface area contributed by atoms with Crippen LogP contribution >= 0.6 is 11.9 Å². The van der Waals surface area contributed by atoms with E-state index in [0.717, 1.165) is 38.5 Å². The summed E-state index contributed by atoms with van der Waals surface area (Å²) >= 11 is 1.96. The van der Waals surface area contributed by atoms with Crippen LogP contribution in [0.2, 0.25) is 0 Å². The van der Waals surface area contributed by atoms with Crippen LogP contribution in [-0.4, -0.2) is 65.9 Å². The number of fused-ring (bicyclic) bond motifs is 6. The van der Waals surface area contributed by atoms with E-state index in [9.17, 15) is 0 Å². The number of hydrogen-bond acceptors (Lipinski definition) is 7. The van der Waals surface area contributed by atoms with Crippen LogP contribution in [0.1, 0.15) is 80.7 Å². The maximum Gasteiger partial charge on any atom is 0.123 e. The molecule has 4 aliphatic rings. The molecule has 0 spiro atoms. The van der Waals surface area contributed by atoms with Crippen molar-refractivity contribution < 1.29 is 4.74 Å². The molecule has 2 aromatic carbocycles. The van der Waals surface area contributed by atoms with E-state index in [2.05, 4.69) is 101 Å². The summed E-state index contributed by atoms with van der Waals surface area (Å²) in [7, 11) is 0. The Morgan fingerprint density at radius 1 is 0.929 bits per heavy atom. The van der Waals surface area contributed by atoms with Gasteiger partial charge in [0.25, 0.3) is 0 Å². The van der Waals surface area contributed by atoms with Gasteiger partial charge in [-0.1, -0.05) is 80.7 Å². The minimum atomic E-state index is -0.0216. The molecule has 230 valence electrons. The largest absolute Gasteiger partial charge is 0.357 e. The van der Waals surface area contributed by atoms with E-state index >= 15 is 0 Å². The topological polar surface area (TPSA) is 51.8 Å². The summed E-state index contributed by atoms with van der Waals surface area (Å²) in [6.07, 6.45) is 7.55. The zero-order chi connectivity index (χ0) is 29.1. The van der Waals surface area contributed by atoms with Gasteiger partial charge in [-0.3, -0.25) is 20.4 Å². The zero-order valence-corrected chi connectivity index (χ0v) is 27.0. The Hall–Kier alpha value is -1.45. The Kier molecular flexibility index (Phi) is 10.3. The van der Waals surface area contributed by atoms with Gasteiger partial charge in [-0.05, 0) is 73.6 Å². The van der Waals surface area contributed by atoms with Crippen molar-refractivity contribution in [2.24, 2.45) is 11.8 Å². The van der Waals surface area contributed by atoms with E-state index < -0.39 is 0 Å². The Labute approximate surface area is 258 Å². The maximum atomic E-state index is 7.33. The molecule has 0 radical (unpaired) electrons. The van der Waals surface area contributed by atoms with Gasteiger partial charge in [0.1, 0.15) is 12.5 Å². The standard InChI is InChI=1S/C35H53N5OS/c1-24(2)18-31-32-23-39(21-27-12-6-5-7-13-27)16-17-40(31)22-28-14-9-15-29(19-28)42-38-35-36-30(20-33(37-35)41-32)34-25(3)10-8-11-26(34)4/h5-8,10-13,24,28-33,35-38H,9,14-23H2,1-4H3/t28?,29?,30?,31-,32+,33?,35?/m1/s1. The number of hydrogen-bond donors (Lipinski definition) is 3. The van der Waals surface area contributed by atoms with Crippen molar-refractivity contribution in [3.8, 4) is 0 Å². The van der Waals surface area contributed by atoms with Crippen molar-refractivity contribution in [3.63, 3.8) is 0 Å². The molecule has 0 aromatic heterocycles. The maximum absolute atomic E-state index is 7.33. The van der Waals surface area contributed by atoms with Gasteiger partial charge in [0.15, 0.2) is 0 Å². The molecule has 1 aliphatic carbocycles. The molecule has 6 unspecified atom stereocenters. The van der Waals surface area contributed by atoms with Crippen molar-refractivity contribution in [2.75, 3.05) is 26.2 Å². The highest BCUT2D eigenvalue weighted by molar-refractivity contribution is 7.98. The van der Waals surface area contributed by atoms with Crippen LogP contribution < -0.4 is 15.4 Å². The number of rotatable bonds is 5. The highest BCUT2D eigenvalue weighted by Crippen LogP contribution is 2.36. The Morgan fingerprint density at radius 3 is 2.52 bits per heavy atom. The predicted octanol–water partition coefficient (Wildman–Crippen LogP) is 5.97. The molecule has 7 heteroatoms. The Balaban J connectivity index is 1.33. The van der Waals surface area contributed by atoms with Gasteiger partial charge in [0.05, 0.1) is 6.10 Å². The lowest BCUT2D eigenvalue weighted by molar-refractivity contribution is -0.0990. The molecule has 3 saturated heterocycles. The summed E-state index contributed by atoms with van der Waals surface area (Å²) < 4.78 is 11.2. The number of nitrogens with zero attached hydrogens (tertiary/aromatic N) is 2. The van der Waals surface area contributed by atoms with Gasteiger partial charge in [-0.25, -0.2) is 4.72 Å². The molecule has 3 N–H and O–H groups in total. The SMILES string of the molecule is Cc1cccc(C)c1C1CC2NC(NSC3CCCC(C3)CN3CCN(Cc4ccccc4)C[C@H](O2)[C@H]3CC(C)C)N1. The first-order valence-corrected chi connectivity index (χ1v) is 17.4. The molecular formula is C35H53N5OS. The summed E-state index contributed by atoms with van der Waals surface area (Å²) in [6.45, 7) is 14.7. The molecule has 1 saturated carbocycles. The molecule has 42 heavy (non-hydrogen) atoms. The molecular weight excluding hydrogens is 538 g/mol. The molecule has 6 bridgehead atoms. The van der Waals surface area contributed by atoms with Crippen LogP contribution in [0.5, 0.6) is 0 Å². The van der Waals surface area contributed by atoms with Gasteiger partial charge in [0.2, 0.25) is 0 Å². The predicted molar refractivity (Wildman–Crippen MR) is 175 cm³/mol. The van der Waals surface area contributed by atoms with E-state index in [1.807, 2.05) is 11.9 Å². The normalized spacial score (nSPS) is 34.6. The fourth-order valence-electron chi connectivity index (χ4n) is 8.02. The van der Waals surface area contributed by atoms with Crippen LogP contribution in [0.4, 0.5) is 0 Å². The molecule has 8 atom stereocenters. The first-order chi connectivity index (χ1) is 20.4. The van der Waals surface area contributed by atoms with E-state index in [1.165, 1.54) is 60.9 Å². The number of nitrogens with one attached hydrogen (secondary N) is 3. The Bertz CT molecular complexity index is 1130. The van der Waals surface area contributed by atoms with E-state index in [0.29, 0.717) is 17.2 Å². The lowest BCUT2D eigenvalue weighted by Gasteiger charge is -2.42. The summed E-state index contributed by atoms with van der Waals surface area (Å²) in [6, 6.07) is 18.4. The third kappa shape index (κ3) is 7.60. The molecule has 3 aliphatic heterocycles. The van der Waals surface area contributed by atoms with Crippen LogP contribution in [-0.2, 0) is 11.3 Å². The van der Waals surface area contributed by atoms with Gasteiger partial charge in [-0.15, -0.1) is 0 Å². The summed E-state index contributed by atoms with van der Waals surface area (Å²) in [5.74, 6) is 1.39. The van der Waals surface area contributed by atoms with Crippen LogP contribution in [0.25, 0.3) is 0 Å². The van der Waals surface area contributed by atoms with Crippen LogP contribution in [0, 0.1) is 25.7 Å². The number of benzene rings is 2. The third-order valence-electron chi connectivity index (χ3n) is 9.98. The summed E-state index contributed by atoms with van der Waals surface area (Å²) in [5.41, 5.74) is 5.55. The molecule has 6 nitrogen and oxygen atoms in total. The fourth-order valence-corrected chi connectivity index (χ4v) is 9.13. The van der Waals surface area contributed by atoms with Crippen molar-refractivity contribution in [1.29, 1.82) is 0 Å². The van der Waals surface area contributed by atoms with Crippen molar-refractivity contribution in [1.82, 2.24) is 25.2 Å². The second-order valence-electron chi connectivity index (χ2n) is 13.8. The molecule has 4 fully saturated rings. The lowest BCUT2D eigenvalue weighted by Crippen LogP contribution is -2.62. The zero-order valence-electron chi connectivity index (χ0n) is 26.2. The van der Waals surface area contributed by atoms with E-state index in [4.69, 9.17) is 4.74 Å². The van der Waals surface area contributed by atoms with Gasteiger partial charge in [-0.2, -0.15) is 0 Å². The van der Waals surface area contributed by atoms with Crippen molar-refractivity contribution >= 4 is 11.9 Å². The van der Waals surface area contributed by atoms with Gasteiger partial charge < -0.3 is 4.74 Å². The quantitative estimate of drug-likeness (QED) is 0.371. The second-order valence-corrected chi connectivity index (χ2v) is 15.0. The second kappa shape index (κ2) is 14.1. The first kappa shape index (κ1) is 30.6. The van der Waals surface area contributed by atoms with Crippen LogP contribution in [0.15, 0.2) is 48.5 Å². The van der Waals surface area contributed by atoms with Gasteiger partial charge in [0, 0.05) is 56.5 Å². The summed E-state index contributed by atoms with van der Waals surface area (Å²) in [4.78, 5) is 5.53. The minimum absolute atomic E-state index is 0.00439. The van der Waals surface area contributed by atoms with Crippen LogP contribution in [0.3, 0.4) is 0 Å². The monoisotopic (exact) mass is 591 g/mol. The number of aryl methyl sites for hydroxylation is 2. The third-order valence-corrected chi connectivity index (χ3v) is 11.1. The lowest BCUT2D eigenvalue weighted by atomic mass is 9.87. The summed E-state index contributed by atoms with van der Waals surface area (Å²) in [5, 5.41) is 8.46. The molecule has 3 heterocycles. The number of ether oxygens (including phenoxy) is 1. The molecule has 2 aromatic rings.